The molecule has 1 aromatic rings. The molecule has 5 nitrogen and oxygen atoms in total. The smallest absolute Gasteiger partial charge is 0.244 e. The van der Waals surface area contributed by atoms with Gasteiger partial charge in [-0.2, -0.15) is 5.26 Å². The van der Waals surface area contributed by atoms with Gasteiger partial charge >= 0.3 is 0 Å². The normalized spacial score (nSPS) is 10.6. The number of ether oxygens (including phenoxy) is 1. The molecule has 1 rings (SSSR count). The number of anilines is 1. The molecule has 18 heavy (non-hydrogen) atoms. The molecule has 0 saturated carbocycles. The minimum atomic E-state index is -0.972. The Bertz CT molecular complexity index is 444. The average Bonchev–Trinajstić information content (AvgIpc) is 2.42. The highest BCUT2D eigenvalue weighted by Crippen LogP contribution is 2.27. The summed E-state index contributed by atoms with van der Waals surface area (Å²) in [6, 6.07) is 5.45. The fraction of sp³-hybridized carbons (Fsp3) is 0.462. The summed E-state index contributed by atoms with van der Waals surface area (Å²) in [4.78, 5) is 16.1. The third-order valence-electron chi connectivity index (χ3n) is 3.06. The van der Waals surface area contributed by atoms with Crippen molar-refractivity contribution >= 4 is 11.6 Å². The van der Waals surface area contributed by atoms with Crippen LogP contribution in [0.1, 0.15) is 26.7 Å². The highest BCUT2D eigenvalue weighted by atomic mass is 16.5. The Morgan fingerprint density at radius 3 is 2.56 bits per heavy atom. The van der Waals surface area contributed by atoms with Gasteiger partial charge in [0.2, 0.25) is 11.8 Å². The number of aromatic nitrogens is 1. The number of rotatable bonds is 5. The fourth-order valence-electron chi connectivity index (χ4n) is 1.61. The molecule has 1 heterocycles. The van der Waals surface area contributed by atoms with E-state index < -0.39 is 5.41 Å². The first-order chi connectivity index (χ1) is 8.61. The minimum absolute atomic E-state index is 0.290. The quantitative estimate of drug-likeness (QED) is 0.866. The summed E-state index contributed by atoms with van der Waals surface area (Å²) in [5.74, 6) is 0.187. The van der Waals surface area contributed by atoms with Gasteiger partial charge in [0, 0.05) is 6.07 Å². The van der Waals surface area contributed by atoms with Crippen LogP contribution in [0.15, 0.2) is 18.3 Å². The molecule has 0 unspecified atom stereocenters. The number of amides is 1. The summed E-state index contributed by atoms with van der Waals surface area (Å²) in [7, 11) is 1.52. The van der Waals surface area contributed by atoms with Crippen molar-refractivity contribution in [1.82, 2.24) is 4.98 Å². The summed E-state index contributed by atoms with van der Waals surface area (Å²) >= 11 is 0. The first kappa shape index (κ1) is 14.0. The first-order valence-electron chi connectivity index (χ1n) is 5.84. The van der Waals surface area contributed by atoms with Crippen molar-refractivity contribution in [1.29, 1.82) is 5.26 Å². The molecule has 0 bridgehead atoms. The molecule has 0 saturated heterocycles. The van der Waals surface area contributed by atoms with E-state index in [-0.39, 0.29) is 5.91 Å². The molecular formula is C13H17N3O2. The minimum Gasteiger partial charge on any atom is -0.481 e. The van der Waals surface area contributed by atoms with Crippen LogP contribution in [-0.4, -0.2) is 18.0 Å². The lowest BCUT2D eigenvalue weighted by molar-refractivity contribution is -0.123. The predicted octanol–water partition coefficient (Wildman–Crippen LogP) is 2.36. The second-order valence-corrected chi connectivity index (χ2v) is 3.94. The topological polar surface area (TPSA) is 75.0 Å². The standard InChI is InChI=1S/C13H17N3O2/c1-4-13(5-2,9-14)12(17)16-10-6-7-11(18-3)15-8-10/h6-8H,4-5H2,1-3H3,(H,16,17). The van der Waals surface area contributed by atoms with Crippen molar-refractivity contribution in [3.05, 3.63) is 18.3 Å². The molecule has 0 aliphatic heterocycles. The predicted molar refractivity (Wildman–Crippen MR) is 68.0 cm³/mol. The summed E-state index contributed by atoms with van der Waals surface area (Å²) < 4.78 is 4.93. The SMILES string of the molecule is CCC(C#N)(CC)C(=O)Nc1ccc(OC)nc1. The van der Waals surface area contributed by atoms with Crippen molar-refractivity contribution in [3.8, 4) is 11.9 Å². The monoisotopic (exact) mass is 247 g/mol. The average molecular weight is 247 g/mol. The van der Waals surface area contributed by atoms with Crippen molar-refractivity contribution in [2.24, 2.45) is 5.41 Å². The van der Waals surface area contributed by atoms with Gasteiger partial charge < -0.3 is 10.1 Å². The second kappa shape index (κ2) is 6.01. The highest BCUT2D eigenvalue weighted by Gasteiger charge is 2.34. The van der Waals surface area contributed by atoms with Crippen molar-refractivity contribution < 1.29 is 9.53 Å². The largest absolute Gasteiger partial charge is 0.481 e. The maximum absolute atomic E-state index is 12.1. The van der Waals surface area contributed by atoms with E-state index in [0.29, 0.717) is 24.4 Å². The number of carbonyl (C=O) groups excluding carboxylic acids is 1. The highest BCUT2D eigenvalue weighted by molar-refractivity contribution is 5.97. The summed E-state index contributed by atoms with van der Waals surface area (Å²) in [6.45, 7) is 3.66. The number of hydrogen-bond acceptors (Lipinski definition) is 4. The van der Waals surface area contributed by atoms with Crippen LogP contribution < -0.4 is 10.1 Å². The zero-order chi connectivity index (χ0) is 13.6. The molecule has 1 amide bonds. The van der Waals surface area contributed by atoms with Crippen LogP contribution in [0.3, 0.4) is 0 Å². The molecule has 96 valence electrons. The number of pyridine rings is 1. The number of hydrogen-bond donors (Lipinski definition) is 1. The Labute approximate surface area is 107 Å². The van der Waals surface area contributed by atoms with Crippen molar-refractivity contribution in [2.45, 2.75) is 26.7 Å². The van der Waals surface area contributed by atoms with Gasteiger partial charge in [-0.3, -0.25) is 4.79 Å². The third kappa shape index (κ3) is 2.77. The molecular weight excluding hydrogens is 230 g/mol. The molecule has 0 aromatic carbocycles. The second-order valence-electron chi connectivity index (χ2n) is 3.94. The number of nitrogens with one attached hydrogen (secondary N) is 1. The summed E-state index contributed by atoms with van der Waals surface area (Å²) in [5, 5.41) is 11.9. The maximum Gasteiger partial charge on any atom is 0.244 e. The Balaban J connectivity index is 2.83. The van der Waals surface area contributed by atoms with Crippen LogP contribution in [0.25, 0.3) is 0 Å². The molecule has 1 aromatic heterocycles. The van der Waals surface area contributed by atoms with Crippen LogP contribution in [0.5, 0.6) is 5.88 Å². The zero-order valence-corrected chi connectivity index (χ0v) is 10.9. The third-order valence-corrected chi connectivity index (χ3v) is 3.06. The molecule has 0 atom stereocenters. The Morgan fingerprint density at radius 1 is 1.50 bits per heavy atom. The van der Waals surface area contributed by atoms with E-state index in [9.17, 15) is 4.79 Å². The van der Waals surface area contributed by atoms with Crippen molar-refractivity contribution in [2.75, 3.05) is 12.4 Å². The van der Waals surface area contributed by atoms with Gasteiger partial charge in [-0.1, -0.05) is 13.8 Å². The maximum atomic E-state index is 12.1. The Morgan fingerprint density at radius 2 is 2.17 bits per heavy atom. The Hall–Kier alpha value is -2.09. The number of methoxy groups -OCH3 is 1. The lowest BCUT2D eigenvalue weighted by Gasteiger charge is -2.21. The van der Waals surface area contributed by atoms with Gasteiger partial charge in [-0.15, -0.1) is 0 Å². The molecule has 5 heteroatoms. The lowest BCUT2D eigenvalue weighted by Crippen LogP contribution is -2.33. The summed E-state index contributed by atoms with van der Waals surface area (Å²) in [6.07, 6.45) is 2.47. The molecule has 0 radical (unpaired) electrons. The molecule has 0 aliphatic carbocycles. The number of carbonyl (C=O) groups is 1. The van der Waals surface area contributed by atoms with E-state index in [2.05, 4.69) is 16.4 Å². The van der Waals surface area contributed by atoms with Crippen LogP contribution in [0, 0.1) is 16.7 Å². The van der Waals surface area contributed by atoms with Gasteiger partial charge in [0.15, 0.2) is 0 Å². The number of nitriles is 1. The fourth-order valence-corrected chi connectivity index (χ4v) is 1.61. The van der Waals surface area contributed by atoms with E-state index in [1.165, 1.54) is 13.3 Å². The van der Waals surface area contributed by atoms with Crippen LogP contribution in [0.4, 0.5) is 5.69 Å². The summed E-state index contributed by atoms with van der Waals surface area (Å²) in [5.41, 5.74) is -0.415. The van der Waals surface area contributed by atoms with Gasteiger partial charge in [-0.25, -0.2) is 4.98 Å². The van der Waals surface area contributed by atoms with Gasteiger partial charge in [0.05, 0.1) is 25.1 Å². The molecule has 1 N–H and O–H groups in total. The lowest BCUT2D eigenvalue weighted by atomic mass is 9.83. The molecule has 0 aliphatic rings. The van der Waals surface area contributed by atoms with Gasteiger partial charge in [-0.05, 0) is 18.9 Å². The Kier molecular flexibility index (Phi) is 4.67. The number of nitrogens with zero attached hydrogens (tertiary/aromatic N) is 2. The van der Waals surface area contributed by atoms with E-state index in [4.69, 9.17) is 10.00 Å². The van der Waals surface area contributed by atoms with Crippen LogP contribution in [-0.2, 0) is 4.79 Å². The molecule has 0 fully saturated rings. The van der Waals surface area contributed by atoms with Crippen LogP contribution in [0.2, 0.25) is 0 Å². The first-order valence-corrected chi connectivity index (χ1v) is 5.84. The molecule has 0 spiro atoms. The van der Waals surface area contributed by atoms with Gasteiger partial charge in [0.1, 0.15) is 5.41 Å². The van der Waals surface area contributed by atoms with E-state index in [1.54, 1.807) is 12.1 Å². The zero-order valence-electron chi connectivity index (χ0n) is 10.9. The van der Waals surface area contributed by atoms with E-state index in [1.807, 2.05) is 13.8 Å². The van der Waals surface area contributed by atoms with Crippen molar-refractivity contribution in [3.63, 3.8) is 0 Å². The van der Waals surface area contributed by atoms with E-state index >= 15 is 0 Å². The van der Waals surface area contributed by atoms with Crippen LogP contribution >= 0.6 is 0 Å². The van der Waals surface area contributed by atoms with Gasteiger partial charge in [0.25, 0.3) is 0 Å². The van der Waals surface area contributed by atoms with E-state index in [0.717, 1.165) is 0 Å².